The molecule has 19 heavy (non-hydrogen) atoms. The van der Waals surface area contributed by atoms with E-state index in [2.05, 4.69) is 47.8 Å². The van der Waals surface area contributed by atoms with Gasteiger partial charge in [0.2, 0.25) is 0 Å². The van der Waals surface area contributed by atoms with Crippen molar-refractivity contribution in [2.45, 2.75) is 46.2 Å². The Morgan fingerprint density at radius 3 is 2.53 bits per heavy atom. The summed E-state index contributed by atoms with van der Waals surface area (Å²) in [4.78, 5) is 4.28. The molecule has 0 saturated heterocycles. The molecule has 0 aliphatic heterocycles. The smallest absolute Gasteiger partial charge is 0.0951 e. The molecule has 0 spiro atoms. The Kier molecular flexibility index (Phi) is 3.05. The molecule has 1 heterocycles. The minimum atomic E-state index is 0.694. The lowest BCUT2D eigenvalue weighted by atomic mass is 10.1. The summed E-state index contributed by atoms with van der Waals surface area (Å²) in [5.41, 5.74) is 6.49. The molecule has 0 unspecified atom stereocenters. The lowest BCUT2D eigenvalue weighted by molar-refractivity contribution is 0.701. The molecule has 1 aliphatic carbocycles. The average Bonchev–Trinajstić information content (AvgIpc) is 3.08. The van der Waals surface area contributed by atoms with Gasteiger partial charge >= 0.3 is 0 Å². The third-order valence-corrected chi connectivity index (χ3v) is 3.81. The van der Waals surface area contributed by atoms with E-state index in [4.69, 9.17) is 0 Å². The Labute approximate surface area is 114 Å². The number of nitrogens with zero attached hydrogens (tertiary/aromatic N) is 2. The number of benzene rings is 1. The number of aryl methyl sites for hydroxylation is 3. The number of anilines is 1. The SMILES string of the molecule is Cc1cc(C)c(NCc2cncn2C2CC2)c(C)c1. The summed E-state index contributed by atoms with van der Waals surface area (Å²) in [6.07, 6.45) is 6.53. The number of nitrogens with one attached hydrogen (secondary N) is 1. The van der Waals surface area contributed by atoms with Gasteiger partial charge in [0.1, 0.15) is 0 Å². The Hall–Kier alpha value is -1.77. The largest absolute Gasteiger partial charge is 0.379 e. The fourth-order valence-electron chi connectivity index (χ4n) is 2.79. The minimum Gasteiger partial charge on any atom is -0.379 e. The van der Waals surface area contributed by atoms with Gasteiger partial charge in [-0.05, 0) is 44.7 Å². The molecule has 1 fully saturated rings. The van der Waals surface area contributed by atoms with E-state index in [1.165, 1.54) is 40.9 Å². The molecule has 0 bridgehead atoms. The van der Waals surface area contributed by atoms with E-state index in [0.29, 0.717) is 6.04 Å². The van der Waals surface area contributed by atoms with Gasteiger partial charge < -0.3 is 9.88 Å². The number of rotatable bonds is 4. The molecule has 0 atom stereocenters. The van der Waals surface area contributed by atoms with E-state index in [-0.39, 0.29) is 0 Å². The monoisotopic (exact) mass is 255 g/mol. The summed E-state index contributed by atoms with van der Waals surface area (Å²) in [7, 11) is 0. The van der Waals surface area contributed by atoms with Crippen LogP contribution in [0.25, 0.3) is 0 Å². The van der Waals surface area contributed by atoms with Crippen molar-refractivity contribution in [3.63, 3.8) is 0 Å². The van der Waals surface area contributed by atoms with Crippen LogP contribution in [0.4, 0.5) is 5.69 Å². The van der Waals surface area contributed by atoms with E-state index >= 15 is 0 Å². The quantitative estimate of drug-likeness (QED) is 0.901. The van der Waals surface area contributed by atoms with Crippen molar-refractivity contribution in [1.29, 1.82) is 0 Å². The van der Waals surface area contributed by atoms with Crippen molar-refractivity contribution in [3.05, 3.63) is 47.0 Å². The fraction of sp³-hybridized carbons (Fsp3) is 0.438. The van der Waals surface area contributed by atoms with Gasteiger partial charge in [-0.1, -0.05) is 17.7 Å². The topological polar surface area (TPSA) is 29.9 Å². The van der Waals surface area contributed by atoms with Crippen molar-refractivity contribution in [2.24, 2.45) is 0 Å². The third-order valence-electron chi connectivity index (χ3n) is 3.81. The Morgan fingerprint density at radius 2 is 1.89 bits per heavy atom. The Balaban J connectivity index is 1.77. The number of aromatic nitrogens is 2. The summed E-state index contributed by atoms with van der Waals surface area (Å²) < 4.78 is 2.31. The second kappa shape index (κ2) is 4.72. The van der Waals surface area contributed by atoms with Crippen LogP contribution in [-0.4, -0.2) is 9.55 Å². The van der Waals surface area contributed by atoms with Gasteiger partial charge in [-0.2, -0.15) is 0 Å². The van der Waals surface area contributed by atoms with Crippen LogP contribution in [0.5, 0.6) is 0 Å². The Morgan fingerprint density at radius 1 is 1.21 bits per heavy atom. The molecule has 2 aromatic rings. The van der Waals surface area contributed by atoms with Crippen molar-refractivity contribution >= 4 is 5.69 Å². The van der Waals surface area contributed by atoms with Crippen molar-refractivity contribution in [2.75, 3.05) is 5.32 Å². The van der Waals surface area contributed by atoms with Crippen molar-refractivity contribution in [1.82, 2.24) is 9.55 Å². The van der Waals surface area contributed by atoms with Crippen molar-refractivity contribution < 1.29 is 0 Å². The van der Waals surface area contributed by atoms with E-state index in [1.54, 1.807) is 0 Å². The van der Waals surface area contributed by atoms with Crippen LogP contribution in [0.2, 0.25) is 0 Å². The van der Waals surface area contributed by atoms with Crippen LogP contribution in [-0.2, 0) is 6.54 Å². The van der Waals surface area contributed by atoms with Crippen LogP contribution in [0.1, 0.15) is 41.3 Å². The number of hydrogen-bond acceptors (Lipinski definition) is 2. The maximum absolute atomic E-state index is 4.28. The highest BCUT2D eigenvalue weighted by Crippen LogP contribution is 2.35. The molecule has 0 amide bonds. The van der Waals surface area contributed by atoms with Gasteiger partial charge in [0, 0.05) is 17.9 Å². The zero-order valence-corrected chi connectivity index (χ0v) is 11.9. The van der Waals surface area contributed by atoms with Crippen LogP contribution < -0.4 is 5.32 Å². The summed E-state index contributed by atoms with van der Waals surface area (Å²) in [6, 6.07) is 5.15. The Bertz CT molecular complexity index is 571. The second-order valence-corrected chi connectivity index (χ2v) is 5.65. The first-order valence-corrected chi connectivity index (χ1v) is 6.97. The van der Waals surface area contributed by atoms with Gasteiger partial charge in [-0.25, -0.2) is 4.98 Å². The lowest BCUT2D eigenvalue weighted by Gasteiger charge is -2.14. The summed E-state index contributed by atoms with van der Waals surface area (Å²) >= 11 is 0. The molecule has 1 saturated carbocycles. The summed E-state index contributed by atoms with van der Waals surface area (Å²) in [6.45, 7) is 7.33. The normalized spacial score (nSPS) is 14.7. The molecule has 3 rings (SSSR count). The van der Waals surface area contributed by atoms with Crippen LogP contribution in [0.15, 0.2) is 24.7 Å². The highest BCUT2D eigenvalue weighted by molar-refractivity contribution is 5.58. The van der Waals surface area contributed by atoms with Crippen LogP contribution in [0.3, 0.4) is 0 Å². The zero-order valence-electron chi connectivity index (χ0n) is 11.9. The van der Waals surface area contributed by atoms with Gasteiger partial charge in [0.05, 0.1) is 18.6 Å². The molecule has 3 nitrogen and oxygen atoms in total. The predicted octanol–water partition coefficient (Wildman–Crippen LogP) is 3.76. The van der Waals surface area contributed by atoms with E-state index < -0.39 is 0 Å². The zero-order chi connectivity index (χ0) is 13.4. The fourth-order valence-corrected chi connectivity index (χ4v) is 2.79. The average molecular weight is 255 g/mol. The first-order valence-electron chi connectivity index (χ1n) is 6.97. The molecule has 1 aromatic heterocycles. The third kappa shape index (κ3) is 2.50. The van der Waals surface area contributed by atoms with Gasteiger partial charge in [0.25, 0.3) is 0 Å². The van der Waals surface area contributed by atoms with E-state index in [0.717, 1.165) is 6.54 Å². The van der Waals surface area contributed by atoms with Gasteiger partial charge in [-0.15, -0.1) is 0 Å². The molecule has 1 aliphatic rings. The van der Waals surface area contributed by atoms with E-state index in [1.807, 2.05) is 12.5 Å². The molecule has 0 radical (unpaired) electrons. The predicted molar refractivity (Wildman–Crippen MR) is 78.5 cm³/mol. The molecule has 3 heteroatoms. The molecular formula is C16H21N3. The number of imidazole rings is 1. The maximum Gasteiger partial charge on any atom is 0.0951 e. The first kappa shape index (κ1) is 12.3. The molecular weight excluding hydrogens is 234 g/mol. The maximum atomic E-state index is 4.28. The molecule has 100 valence electrons. The number of hydrogen-bond donors (Lipinski definition) is 1. The minimum absolute atomic E-state index is 0.694. The van der Waals surface area contributed by atoms with Gasteiger partial charge in [-0.3, -0.25) is 0 Å². The van der Waals surface area contributed by atoms with Crippen molar-refractivity contribution in [3.8, 4) is 0 Å². The van der Waals surface area contributed by atoms with Crippen LogP contribution >= 0.6 is 0 Å². The summed E-state index contributed by atoms with van der Waals surface area (Å²) in [5.74, 6) is 0. The molecule has 1 N–H and O–H groups in total. The van der Waals surface area contributed by atoms with Crippen LogP contribution in [0, 0.1) is 20.8 Å². The van der Waals surface area contributed by atoms with Gasteiger partial charge in [0.15, 0.2) is 0 Å². The summed E-state index contributed by atoms with van der Waals surface area (Å²) in [5, 5.41) is 3.57. The molecule has 1 aromatic carbocycles. The second-order valence-electron chi connectivity index (χ2n) is 5.65. The standard InChI is InChI=1S/C16H21N3/c1-11-6-12(2)16(13(3)7-11)18-9-15-8-17-10-19(15)14-4-5-14/h6-8,10,14,18H,4-5,9H2,1-3H3. The first-order chi connectivity index (χ1) is 9.15. The highest BCUT2D eigenvalue weighted by Gasteiger charge is 2.25. The van der Waals surface area contributed by atoms with E-state index in [9.17, 15) is 0 Å². The highest BCUT2D eigenvalue weighted by atomic mass is 15.1. The lowest BCUT2D eigenvalue weighted by Crippen LogP contribution is -2.08.